The molecule has 1 aliphatic heterocycles. The second-order valence-corrected chi connectivity index (χ2v) is 7.06. The molecule has 1 aliphatic rings. The number of nitrogens with zero attached hydrogens (tertiary/aromatic N) is 3. The predicted octanol–water partition coefficient (Wildman–Crippen LogP) is 1.27. The SMILES string of the molecule is CN=C(NCCc1csc(C)n1)NCC(C)N1CCOCC1C. The number of aromatic nitrogens is 1. The number of guanidine groups is 1. The van der Waals surface area contributed by atoms with Gasteiger partial charge in [0.25, 0.3) is 0 Å². The van der Waals surface area contributed by atoms with Crippen molar-refractivity contribution in [2.24, 2.45) is 4.99 Å². The van der Waals surface area contributed by atoms with E-state index in [9.17, 15) is 0 Å². The minimum atomic E-state index is 0.452. The number of aryl methyl sites for hydroxylation is 1. The Morgan fingerprint density at radius 2 is 2.39 bits per heavy atom. The standard InChI is InChI=1S/C16H29N5OS/c1-12(21-7-8-22-10-13(21)2)9-19-16(17-4)18-6-5-15-11-23-14(3)20-15/h11-13H,5-10H2,1-4H3,(H2,17,18,19). The second kappa shape index (κ2) is 9.20. The molecule has 2 heterocycles. The van der Waals surface area contributed by atoms with Gasteiger partial charge in [-0.1, -0.05) is 0 Å². The van der Waals surface area contributed by atoms with Gasteiger partial charge in [-0.15, -0.1) is 11.3 Å². The van der Waals surface area contributed by atoms with Crippen molar-refractivity contribution in [1.29, 1.82) is 0 Å². The lowest BCUT2D eigenvalue weighted by Gasteiger charge is -2.38. The quantitative estimate of drug-likeness (QED) is 0.604. The molecule has 1 saturated heterocycles. The minimum Gasteiger partial charge on any atom is -0.379 e. The summed E-state index contributed by atoms with van der Waals surface area (Å²) >= 11 is 1.70. The van der Waals surface area contributed by atoms with Gasteiger partial charge in [0.2, 0.25) is 0 Å². The Morgan fingerprint density at radius 1 is 1.57 bits per heavy atom. The first-order valence-electron chi connectivity index (χ1n) is 8.29. The van der Waals surface area contributed by atoms with Crippen LogP contribution in [0.15, 0.2) is 10.4 Å². The Balaban J connectivity index is 1.69. The maximum absolute atomic E-state index is 5.50. The van der Waals surface area contributed by atoms with Crippen LogP contribution in [0.5, 0.6) is 0 Å². The van der Waals surface area contributed by atoms with Crippen molar-refractivity contribution < 1.29 is 4.74 Å². The van der Waals surface area contributed by atoms with Crippen LogP contribution in [-0.2, 0) is 11.2 Å². The molecule has 2 rings (SSSR count). The number of nitrogens with one attached hydrogen (secondary N) is 2. The van der Waals surface area contributed by atoms with Crippen LogP contribution in [0.2, 0.25) is 0 Å². The Kier molecular flexibility index (Phi) is 7.26. The molecule has 1 aromatic heterocycles. The van der Waals surface area contributed by atoms with Gasteiger partial charge in [-0.2, -0.15) is 0 Å². The first-order chi connectivity index (χ1) is 11.1. The van der Waals surface area contributed by atoms with E-state index in [0.29, 0.717) is 12.1 Å². The second-order valence-electron chi connectivity index (χ2n) is 6.00. The third-order valence-electron chi connectivity index (χ3n) is 4.11. The highest BCUT2D eigenvalue weighted by Crippen LogP contribution is 2.10. The number of rotatable bonds is 6. The monoisotopic (exact) mass is 339 g/mol. The van der Waals surface area contributed by atoms with Crippen molar-refractivity contribution in [1.82, 2.24) is 20.5 Å². The third kappa shape index (κ3) is 5.75. The summed E-state index contributed by atoms with van der Waals surface area (Å²) in [5.74, 6) is 0.852. The first kappa shape index (κ1) is 18.2. The predicted molar refractivity (Wildman–Crippen MR) is 96.4 cm³/mol. The molecule has 1 aromatic rings. The maximum Gasteiger partial charge on any atom is 0.191 e. The average Bonchev–Trinajstić information content (AvgIpc) is 2.96. The zero-order valence-corrected chi connectivity index (χ0v) is 15.4. The molecule has 2 N–H and O–H groups in total. The molecule has 0 bridgehead atoms. The number of hydrogen-bond donors (Lipinski definition) is 2. The van der Waals surface area contributed by atoms with E-state index >= 15 is 0 Å². The summed E-state index contributed by atoms with van der Waals surface area (Å²) in [7, 11) is 1.81. The third-order valence-corrected chi connectivity index (χ3v) is 4.94. The smallest absolute Gasteiger partial charge is 0.191 e. The lowest BCUT2D eigenvalue weighted by molar-refractivity contribution is -0.0174. The summed E-state index contributed by atoms with van der Waals surface area (Å²) < 4.78 is 5.50. The number of thiazole rings is 1. The Morgan fingerprint density at radius 3 is 3.04 bits per heavy atom. The fraction of sp³-hybridized carbons (Fsp3) is 0.750. The Labute approximate surface area is 143 Å². The lowest BCUT2D eigenvalue weighted by atomic mass is 10.2. The van der Waals surface area contributed by atoms with Gasteiger partial charge in [0.05, 0.1) is 23.9 Å². The minimum absolute atomic E-state index is 0.452. The van der Waals surface area contributed by atoms with Gasteiger partial charge in [0.15, 0.2) is 5.96 Å². The van der Waals surface area contributed by atoms with Gasteiger partial charge >= 0.3 is 0 Å². The van der Waals surface area contributed by atoms with Crippen LogP contribution in [0.4, 0.5) is 0 Å². The molecule has 0 amide bonds. The molecular weight excluding hydrogens is 310 g/mol. The van der Waals surface area contributed by atoms with Crippen LogP contribution in [-0.4, -0.2) is 67.8 Å². The topological polar surface area (TPSA) is 61.8 Å². The van der Waals surface area contributed by atoms with Crippen LogP contribution >= 0.6 is 11.3 Å². The molecule has 7 heteroatoms. The molecule has 130 valence electrons. The molecule has 2 unspecified atom stereocenters. The van der Waals surface area contributed by atoms with Crippen molar-refractivity contribution in [3.63, 3.8) is 0 Å². The van der Waals surface area contributed by atoms with Crippen LogP contribution in [0.1, 0.15) is 24.5 Å². The average molecular weight is 340 g/mol. The molecule has 2 atom stereocenters. The Hall–Kier alpha value is -1.18. The highest BCUT2D eigenvalue weighted by atomic mass is 32.1. The summed E-state index contributed by atoms with van der Waals surface area (Å²) in [4.78, 5) is 11.3. The van der Waals surface area contributed by atoms with Gasteiger partial charge in [-0.3, -0.25) is 9.89 Å². The van der Waals surface area contributed by atoms with E-state index in [-0.39, 0.29) is 0 Å². The highest BCUT2D eigenvalue weighted by Gasteiger charge is 2.23. The van der Waals surface area contributed by atoms with Crippen molar-refractivity contribution in [3.05, 3.63) is 16.1 Å². The molecule has 0 aromatic carbocycles. The normalized spacial score (nSPS) is 21.2. The van der Waals surface area contributed by atoms with E-state index < -0.39 is 0 Å². The first-order valence-corrected chi connectivity index (χ1v) is 9.17. The van der Waals surface area contributed by atoms with E-state index in [0.717, 1.165) is 55.9 Å². The summed E-state index contributed by atoms with van der Waals surface area (Å²) in [5, 5.41) is 10.0. The summed E-state index contributed by atoms with van der Waals surface area (Å²) in [6.07, 6.45) is 0.918. The fourth-order valence-electron chi connectivity index (χ4n) is 2.81. The van der Waals surface area contributed by atoms with Gasteiger partial charge in [-0.25, -0.2) is 4.98 Å². The lowest BCUT2D eigenvalue weighted by Crippen LogP contribution is -2.53. The summed E-state index contributed by atoms with van der Waals surface area (Å²) in [5.41, 5.74) is 1.14. The van der Waals surface area contributed by atoms with Crippen molar-refractivity contribution in [2.45, 2.75) is 39.3 Å². The highest BCUT2D eigenvalue weighted by molar-refractivity contribution is 7.09. The van der Waals surface area contributed by atoms with Crippen molar-refractivity contribution >= 4 is 17.3 Å². The van der Waals surface area contributed by atoms with Crippen molar-refractivity contribution in [3.8, 4) is 0 Å². The number of hydrogen-bond acceptors (Lipinski definition) is 5. The molecule has 0 saturated carbocycles. The fourth-order valence-corrected chi connectivity index (χ4v) is 3.46. The van der Waals surface area contributed by atoms with Crippen LogP contribution in [0, 0.1) is 6.92 Å². The number of morpholine rings is 1. The van der Waals surface area contributed by atoms with Crippen LogP contribution < -0.4 is 10.6 Å². The largest absolute Gasteiger partial charge is 0.379 e. The van der Waals surface area contributed by atoms with Gasteiger partial charge in [-0.05, 0) is 20.8 Å². The van der Waals surface area contributed by atoms with E-state index in [4.69, 9.17) is 4.74 Å². The van der Waals surface area contributed by atoms with Gasteiger partial charge < -0.3 is 15.4 Å². The van der Waals surface area contributed by atoms with E-state index in [1.807, 2.05) is 14.0 Å². The molecule has 0 aliphatic carbocycles. The molecular formula is C16H29N5OS. The number of aliphatic imine (C=N–C) groups is 1. The molecule has 0 radical (unpaired) electrons. The number of ether oxygens (including phenoxy) is 1. The van der Waals surface area contributed by atoms with Crippen LogP contribution in [0.25, 0.3) is 0 Å². The molecule has 0 spiro atoms. The summed E-state index contributed by atoms with van der Waals surface area (Å²) in [6, 6.07) is 0.928. The maximum atomic E-state index is 5.50. The van der Waals surface area contributed by atoms with Gasteiger partial charge in [0, 0.05) is 50.6 Å². The van der Waals surface area contributed by atoms with Crippen LogP contribution in [0.3, 0.4) is 0 Å². The zero-order valence-electron chi connectivity index (χ0n) is 14.6. The van der Waals surface area contributed by atoms with Gasteiger partial charge in [0.1, 0.15) is 0 Å². The Bertz CT molecular complexity index is 504. The molecule has 6 nitrogen and oxygen atoms in total. The van der Waals surface area contributed by atoms with E-state index in [2.05, 4.69) is 44.7 Å². The van der Waals surface area contributed by atoms with E-state index in [1.54, 1.807) is 11.3 Å². The molecule has 23 heavy (non-hydrogen) atoms. The molecule has 1 fully saturated rings. The summed E-state index contributed by atoms with van der Waals surface area (Å²) in [6.45, 7) is 10.9. The van der Waals surface area contributed by atoms with E-state index in [1.165, 1.54) is 0 Å². The van der Waals surface area contributed by atoms with Crippen molar-refractivity contribution in [2.75, 3.05) is 39.9 Å². The zero-order chi connectivity index (χ0) is 16.7.